The predicted octanol–water partition coefficient (Wildman–Crippen LogP) is 5.03. The highest BCUT2D eigenvalue weighted by Crippen LogP contribution is 2.32. The zero-order chi connectivity index (χ0) is 25.9. The molecule has 0 saturated carbocycles. The van der Waals surface area contributed by atoms with Gasteiger partial charge in [-0.05, 0) is 36.8 Å². The number of benzene rings is 2. The average Bonchev–Trinajstić information content (AvgIpc) is 2.86. The lowest BCUT2D eigenvalue weighted by molar-refractivity contribution is -0.138. The summed E-state index contributed by atoms with van der Waals surface area (Å²) in [5.74, 6) is -0.219. The molecule has 1 fully saturated rings. The molecule has 1 N–H and O–H groups in total. The molecule has 0 radical (unpaired) electrons. The first-order valence-electron chi connectivity index (χ1n) is 10.9. The second-order valence-electron chi connectivity index (χ2n) is 8.00. The molecule has 0 aliphatic carbocycles. The average molecular weight is 520 g/mol. The van der Waals surface area contributed by atoms with Crippen molar-refractivity contribution in [2.24, 2.45) is 0 Å². The summed E-state index contributed by atoms with van der Waals surface area (Å²) in [6, 6.07) is 13.0. The molecule has 2 heterocycles. The Hall–Kier alpha value is -3.86. The Morgan fingerprint density at radius 1 is 0.972 bits per heavy atom. The molecule has 1 aromatic heterocycles. The van der Waals surface area contributed by atoms with Gasteiger partial charge in [-0.1, -0.05) is 35.9 Å². The number of alkyl halides is 3. The number of anilines is 2. The summed E-state index contributed by atoms with van der Waals surface area (Å²) >= 11 is 6.10. The summed E-state index contributed by atoms with van der Waals surface area (Å²) in [5, 5.41) is 10.9. The van der Waals surface area contributed by atoms with E-state index in [1.54, 1.807) is 31.2 Å². The maximum atomic E-state index is 13.3. The Bertz CT molecular complexity index is 1240. The number of carbonyl (C=O) groups excluding carboxylic acids is 2. The SMILES string of the molecule is Cc1cccc(Cl)c1NC(=O)Oc1ccc(N2CCN(C(=O)c3ccccc3C(F)(F)F)CC2)nn1. The lowest BCUT2D eigenvalue weighted by Crippen LogP contribution is -2.49. The highest BCUT2D eigenvalue weighted by molar-refractivity contribution is 6.33. The molecule has 0 bridgehead atoms. The van der Waals surface area contributed by atoms with E-state index >= 15 is 0 Å². The molecule has 1 aliphatic heterocycles. The topological polar surface area (TPSA) is 87.7 Å². The number of nitrogens with one attached hydrogen (secondary N) is 1. The molecule has 8 nitrogen and oxygen atoms in total. The van der Waals surface area contributed by atoms with Crippen LogP contribution in [-0.4, -0.2) is 53.3 Å². The summed E-state index contributed by atoms with van der Waals surface area (Å²) in [5.41, 5.74) is -0.128. The Kier molecular flexibility index (Phi) is 7.30. The Morgan fingerprint density at radius 2 is 1.69 bits per heavy atom. The van der Waals surface area contributed by atoms with E-state index in [-0.39, 0.29) is 24.5 Å². The third-order valence-corrected chi connectivity index (χ3v) is 5.94. The molecular formula is C24H21ClF3N5O3. The smallest absolute Gasteiger partial charge is 0.389 e. The van der Waals surface area contributed by atoms with Crippen LogP contribution in [-0.2, 0) is 6.18 Å². The summed E-state index contributed by atoms with van der Waals surface area (Å²) in [6.45, 7) is 2.91. The molecule has 4 rings (SSSR count). The van der Waals surface area contributed by atoms with Crippen molar-refractivity contribution in [1.29, 1.82) is 0 Å². The van der Waals surface area contributed by atoms with Gasteiger partial charge in [0.25, 0.3) is 5.91 Å². The number of piperazine rings is 1. The molecule has 0 spiro atoms. The van der Waals surface area contributed by atoms with Crippen LogP contribution in [0.3, 0.4) is 0 Å². The molecular weight excluding hydrogens is 499 g/mol. The van der Waals surface area contributed by atoms with Gasteiger partial charge in [0.2, 0.25) is 5.88 Å². The van der Waals surface area contributed by atoms with Crippen molar-refractivity contribution in [3.8, 4) is 5.88 Å². The van der Waals surface area contributed by atoms with Crippen LogP contribution < -0.4 is 15.0 Å². The maximum Gasteiger partial charge on any atom is 0.418 e. The highest BCUT2D eigenvalue weighted by atomic mass is 35.5. The van der Waals surface area contributed by atoms with Crippen LogP contribution >= 0.6 is 11.6 Å². The van der Waals surface area contributed by atoms with Crippen molar-refractivity contribution in [2.75, 3.05) is 36.4 Å². The van der Waals surface area contributed by atoms with Gasteiger partial charge in [-0.2, -0.15) is 13.2 Å². The summed E-state index contributed by atoms with van der Waals surface area (Å²) in [6.07, 6.45) is -5.39. The first-order chi connectivity index (χ1) is 17.1. The van der Waals surface area contributed by atoms with Gasteiger partial charge in [0, 0.05) is 32.2 Å². The molecule has 1 saturated heterocycles. The molecule has 3 aromatic rings. The van der Waals surface area contributed by atoms with E-state index in [0.717, 1.165) is 11.6 Å². The molecule has 1 aliphatic rings. The predicted molar refractivity (Wildman–Crippen MR) is 127 cm³/mol. The van der Waals surface area contributed by atoms with Crippen molar-refractivity contribution in [1.82, 2.24) is 15.1 Å². The molecule has 0 unspecified atom stereocenters. The number of carbonyl (C=O) groups is 2. The number of hydrogen-bond donors (Lipinski definition) is 1. The maximum absolute atomic E-state index is 13.3. The number of halogens is 4. The van der Waals surface area contributed by atoms with Gasteiger partial charge in [-0.25, -0.2) is 4.79 Å². The number of nitrogens with zero attached hydrogens (tertiary/aromatic N) is 4. The minimum atomic E-state index is -4.61. The Labute approximate surface area is 209 Å². The largest absolute Gasteiger partial charge is 0.418 e. The van der Waals surface area contributed by atoms with Crippen molar-refractivity contribution >= 4 is 35.1 Å². The van der Waals surface area contributed by atoms with E-state index in [9.17, 15) is 22.8 Å². The van der Waals surface area contributed by atoms with Crippen molar-refractivity contribution < 1.29 is 27.5 Å². The van der Waals surface area contributed by atoms with E-state index < -0.39 is 23.7 Å². The normalized spacial score (nSPS) is 13.9. The third-order valence-electron chi connectivity index (χ3n) is 5.63. The van der Waals surface area contributed by atoms with Crippen LogP contribution in [0.25, 0.3) is 0 Å². The van der Waals surface area contributed by atoms with E-state index in [1.165, 1.54) is 29.2 Å². The number of hydrogen-bond acceptors (Lipinski definition) is 6. The number of para-hydroxylation sites is 1. The van der Waals surface area contributed by atoms with Gasteiger partial charge in [0.15, 0.2) is 5.82 Å². The fourth-order valence-corrected chi connectivity index (χ4v) is 4.04. The molecule has 0 atom stereocenters. The van der Waals surface area contributed by atoms with Crippen LogP contribution in [0.15, 0.2) is 54.6 Å². The number of ether oxygens (including phenoxy) is 1. The van der Waals surface area contributed by atoms with Crippen LogP contribution in [0.1, 0.15) is 21.5 Å². The fraction of sp³-hybridized carbons (Fsp3) is 0.250. The van der Waals surface area contributed by atoms with Gasteiger partial charge < -0.3 is 14.5 Å². The van der Waals surface area contributed by atoms with Crippen molar-refractivity contribution in [3.63, 3.8) is 0 Å². The number of aromatic nitrogens is 2. The zero-order valence-electron chi connectivity index (χ0n) is 19.1. The standard InChI is InChI=1S/C24H21ClF3N5O3/c1-15-5-4-8-18(25)21(15)29-23(35)36-20-10-9-19(30-31-20)32-11-13-33(14-12-32)22(34)16-6-2-3-7-17(16)24(26,27)28/h2-10H,11-14H2,1H3,(H,29,35). The zero-order valence-corrected chi connectivity index (χ0v) is 19.8. The van der Waals surface area contributed by atoms with Crippen LogP contribution in [0.5, 0.6) is 5.88 Å². The summed E-state index contributed by atoms with van der Waals surface area (Å²) in [7, 11) is 0. The number of rotatable bonds is 4. The first kappa shape index (κ1) is 25.2. The van der Waals surface area contributed by atoms with Gasteiger partial charge in [-0.15, -0.1) is 10.2 Å². The van der Waals surface area contributed by atoms with E-state index in [2.05, 4.69) is 15.5 Å². The summed E-state index contributed by atoms with van der Waals surface area (Å²) < 4.78 is 45.0. The molecule has 36 heavy (non-hydrogen) atoms. The molecule has 188 valence electrons. The van der Waals surface area contributed by atoms with Crippen LogP contribution in [0.4, 0.5) is 29.5 Å². The van der Waals surface area contributed by atoms with E-state index in [0.29, 0.717) is 29.6 Å². The lowest BCUT2D eigenvalue weighted by atomic mass is 10.1. The second-order valence-corrected chi connectivity index (χ2v) is 8.41. The quantitative estimate of drug-likeness (QED) is 0.520. The Balaban J connectivity index is 1.34. The molecule has 12 heteroatoms. The van der Waals surface area contributed by atoms with E-state index in [4.69, 9.17) is 16.3 Å². The van der Waals surface area contributed by atoms with Crippen LogP contribution in [0.2, 0.25) is 5.02 Å². The van der Waals surface area contributed by atoms with Gasteiger partial charge in [-0.3, -0.25) is 10.1 Å². The fourth-order valence-electron chi connectivity index (χ4n) is 3.77. The second kappa shape index (κ2) is 10.4. The third kappa shape index (κ3) is 5.68. The Morgan fingerprint density at radius 3 is 2.33 bits per heavy atom. The van der Waals surface area contributed by atoms with Crippen molar-refractivity contribution in [2.45, 2.75) is 13.1 Å². The summed E-state index contributed by atoms with van der Waals surface area (Å²) in [4.78, 5) is 28.2. The number of aryl methyl sites for hydroxylation is 1. The first-order valence-corrected chi connectivity index (χ1v) is 11.3. The minimum absolute atomic E-state index is 0.0291. The molecule has 2 aromatic carbocycles. The molecule has 2 amide bonds. The number of amides is 2. The van der Waals surface area contributed by atoms with Gasteiger partial charge in [0.1, 0.15) is 0 Å². The van der Waals surface area contributed by atoms with Crippen LogP contribution in [0, 0.1) is 6.92 Å². The lowest BCUT2D eigenvalue weighted by Gasteiger charge is -2.35. The minimum Gasteiger partial charge on any atom is -0.389 e. The van der Waals surface area contributed by atoms with Gasteiger partial charge in [0.05, 0.1) is 21.8 Å². The van der Waals surface area contributed by atoms with Crippen molar-refractivity contribution in [3.05, 3.63) is 76.3 Å². The monoisotopic (exact) mass is 519 g/mol. The van der Waals surface area contributed by atoms with E-state index in [1.807, 2.05) is 4.90 Å². The van der Waals surface area contributed by atoms with Gasteiger partial charge >= 0.3 is 12.3 Å². The highest BCUT2D eigenvalue weighted by Gasteiger charge is 2.36.